The highest BCUT2D eigenvalue weighted by molar-refractivity contribution is 7.88. The second kappa shape index (κ2) is 4.53. The maximum absolute atomic E-state index is 11.4. The molecule has 3 nitrogen and oxygen atoms in total. The number of halogens is 2. The van der Waals surface area contributed by atoms with Gasteiger partial charge in [-0.1, -0.05) is 17.7 Å². The lowest BCUT2D eigenvalue weighted by atomic mass is 10.2. The summed E-state index contributed by atoms with van der Waals surface area (Å²) in [6.07, 6.45) is 0. The number of aryl methyl sites for hydroxylation is 1. The predicted molar refractivity (Wildman–Crippen MR) is 56.9 cm³/mol. The third-order valence-electron chi connectivity index (χ3n) is 1.51. The molecule has 0 amide bonds. The van der Waals surface area contributed by atoms with Gasteiger partial charge in [-0.15, -0.1) is 22.9 Å². The molecule has 0 radical (unpaired) electrons. The first-order valence-electron chi connectivity index (χ1n) is 3.70. The molecule has 0 unspecified atom stereocenters. The van der Waals surface area contributed by atoms with Crippen molar-refractivity contribution in [3.05, 3.63) is 29.8 Å². The zero-order valence-corrected chi connectivity index (χ0v) is 9.60. The predicted octanol–water partition coefficient (Wildman–Crippen LogP) is 2.16. The highest BCUT2D eigenvalue weighted by Gasteiger charge is 2.21. The Bertz CT molecular complexity index is 401. The van der Waals surface area contributed by atoms with Crippen LogP contribution in [0.5, 0.6) is 0 Å². The van der Waals surface area contributed by atoms with Crippen molar-refractivity contribution in [3.8, 4) is 0 Å². The van der Waals surface area contributed by atoms with Crippen LogP contribution in [0.25, 0.3) is 0 Å². The van der Waals surface area contributed by atoms with Crippen LogP contribution in [-0.4, -0.2) is 14.2 Å². The molecular formula is C7H7BCl2O3S. The molecule has 0 N–H and O–H groups in total. The molecular weight excluding hydrogens is 246 g/mol. The van der Waals surface area contributed by atoms with Gasteiger partial charge < -0.3 is 0 Å². The fourth-order valence-electron chi connectivity index (χ4n) is 0.856. The molecule has 0 heterocycles. The molecule has 1 rings (SSSR count). The lowest BCUT2D eigenvalue weighted by Gasteiger charge is -2.04. The number of rotatable bonds is 3. The van der Waals surface area contributed by atoms with E-state index in [-0.39, 0.29) is 4.90 Å². The molecule has 0 bridgehead atoms. The van der Waals surface area contributed by atoms with Gasteiger partial charge in [-0.2, -0.15) is 8.42 Å². The van der Waals surface area contributed by atoms with E-state index in [0.717, 1.165) is 5.56 Å². The molecule has 0 fully saturated rings. The van der Waals surface area contributed by atoms with E-state index in [0.29, 0.717) is 0 Å². The Balaban J connectivity index is 2.99. The first-order valence-corrected chi connectivity index (χ1v) is 5.98. The molecule has 1 aromatic rings. The van der Waals surface area contributed by atoms with Crippen molar-refractivity contribution < 1.29 is 12.5 Å². The van der Waals surface area contributed by atoms with E-state index in [1.165, 1.54) is 12.1 Å². The number of hydrogen-bond acceptors (Lipinski definition) is 3. The van der Waals surface area contributed by atoms with Crippen molar-refractivity contribution in [1.82, 2.24) is 0 Å². The Morgan fingerprint density at radius 2 is 1.71 bits per heavy atom. The van der Waals surface area contributed by atoms with Crippen molar-refractivity contribution >= 4 is 38.8 Å². The summed E-state index contributed by atoms with van der Waals surface area (Å²) in [6.45, 7) is 1.85. The van der Waals surface area contributed by atoms with E-state index < -0.39 is 15.9 Å². The van der Waals surface area contributed by atoms with Crippen molar-refractivity contribution in [2.45, 2.75) is 11.8 Å². The van der Waals surface area contributed by atoms with Gasteiger partial charge in [-0.25, -0.2) is 0 Å². The summed E-state index contributed by atoms with van der Waals surface area (Å²) in [4.78, 5) is 0.0365. The fraction of sp³-hybridized carbons (Fsp3) is 0.143. The molecule has 76 valence electrons. The molecule has 14 heavy (non-hydrogen) atoms. The molecule has 0 aliphatic heterocycles. The lowest BCUT2D eigenvalue weighted by Crippen LogP contribution is -2.12. The van der Waals surface area contributed by atoms with Gasteiger partial charge in [0.15, 0.2) is 0 Å². The van der Waals surface area contributed by atoms with Gasteiger partial charge in [0.25, 0.3) is 10.1 Å². The summed E-state index contributed by atoms with van der Waals surface area (Å²) < 4.78 is 27.1. The molecule has 0 spiro atoms. The lowest BCUT2D eigenvalue weighted by molar-refractivity contribution is 0.503. The summed E-state index contributed by atoms with van der Waals surface area (Å²) in [7, 11) is -3.84. The van der Waals surface area contributed by atoms with Crippen LogP contribution < -0.4 is 0 Å². The van der Waals surface area contributed by atoms with Crippen LogP contribution in [0, 0.1) is 6.92 Å². The number of hydrogen-bond donors (Lipinski definition) is 0. The summed E-state index contributed by atoms with van der Waals surface area (Å²) in [5.74, 6) is -1.39. The van der Waals surface area contributed by atoms with E-state index >= 15 is 0 Å². The molecule has 1 aromatic carbocycles. The van der Waals surface area contributed by atoms with Crippen LogP contribution >= 0.6 is 22.9 Å². The van der Waals surface area contributed by atoms with Crippen LogP contribution in [0.15, 0.2) is 29.2 Å². The van der Waals surface area contributed by atoms with Crippen LogP contribution in [0.2, 0.25) is 0 Å². The largest absolute Gasteiger partial charge is 0.523 e. The van der Waals surface area contributed by atoms with Crippen molar-refractivity contribution in [3.63, 3.8) is 0 Å². The van der Waals surface area contributed by atoms with Crippen molar-refractivity contribution in [2.75, 3.05) is 0 Å². The SMILES string of the molecule is Cc1ccc(S(=O)(=O)OB(Cl)Cl)cc1. The highest BCUT2D eigenvalue weighted by Crippen LogP contribution is 2.15. The Morgan fingerprint density at radius 1 is 1.21 bits per heavy atom. The normalized spacial score (nSPS) is 11.4. The zero-order valence-electron chi connectivity index (χ0n) is 7.28. The van der Waals surface area contributed by atoms with Crippen LogP contribution in [0.4, 0.5) is 0 Å². The highest BCUT2D eigenvalue weighted by atomic mass is 35.5. The van der Waals surface area contributed by atoms with E-state index in [1.54, 1.807) is 12.1 Å². The minimum absolute atomic E-state index is 0.0365. The topological polar surface area (TPSA) is 43.4 Å². The monoisotopic (exact) mass is 252 g/mol. The Morgan fingerprint density at radius 3 is 2.14 bits per heavy atom. The third-order valence-corrected chi connectivity index (χ3v) is 3.19. The molecule has 0 aliphatic carbocycles. The Kier molecular flexibility index (Phi) is 3.83. The summed E-state index contributed by atoms with van der Waals surface area (Å²) in [5.41, 5.74) is 0.956. The van der Waals surface area contributed by atoms with E-state index in [1.807, 2.05) is 6.92 Å². The van der Waals surface area contributed by atoms with Gasteiger partial charge in [0.1, 0.15) is 0 Å². The summed E-state index contributed by atoms with van der Waals surface area (Å²) >= 11 is 10.4. The minimum Gasteiger partial charge on any atom is -0.292 e. The standard InChI is InChI=1S/C7H7BCl2O3S/c1-6-2-4-7(5-3-6)14(11,12)13-8(9)10/h2-5H,1H3. The van der Waals surface area contributed by atoms with Crippen LogP contribution in [0.1, 0.15) is 5.56 Å². The first-order chi connectivity index (χ1) is 6.42. The molecule has 0 aliphatic rings. The van der Waals surface area contributed by atoms with Crippen LogP contribution in [-0.2, 0) is 14.2 Å². The van der Waals surface area contributed by atoms with Gasteiger partial charge >= 0.3 is 5.75 Å². The summed E-state index contributed by atoms with van der Waals surface area (Å²) in [5, 5.41) is 0. The van der Waals surface area contributed by atoms with E-state index in [4.69, 9.17) is 22.9 Å². The Labute approximate surface area is 93.0 Å². The van der Waals surface area contributed by atoms with Gasteiger partial charge in [0.2, 0.25) is 0 Å². The maximum atomic E-state index is 11.4. The van der Waals surface area contributed by atoms with Gasteiger partial charge in [-0.05, 0) is 19.1 Å². The molecule has 0 atom stereocenters. The van der Waals surface area contributed by atoms with Gasteiger partial charge in [0, 0.05) is 0 Å². The average Bonchev–Trinajstić information content (AvgIpc) is 2.02. The van der Waals surface area contributed by atoms with E-state index in [2.05, 4.69) is 4.10 Å². The smallest absolute Gasteiger partial charge is 0.292 e. The fourth-order valence-corrected chi connectivity index (χ4v) is 2.20. The molecule has 0 aromatic heterocycles. The van der Waals surface area contributed by atoms with Gasteiger partial charge in [-0.3, -0.25) is 4.10 Å². The van der Waals surface area contributed by atoms with Crippen molar-refractivity contribution in [1.29, 1.82) is 0 Å². The second-order valence-electron chi connectivity index (χ2n) is 2.62. The second-order valence-corrected chi connectivity index (χ2v) is 5.21. The third kappa shape index (κ3) is 3.17. The quantitative estimate of drug-likeness (QED) is 0.775. The zero-order chi connectivity index (χ0) is 10.8. The van der Waals surface area contributed by atoms with Gasteiger partial charge in [0.05, 0.1) is 4.90 Å². The minimum atomic E-state index is -3.84. The molecule has 7 heteroatoms. The Hall–Kier alpha value is -0.225. The molecule has 0 saturated heterocycles. The first kappa shape index (κ1) is 11.8. The van der Waals surface area contributed by atoms with Crippen molar-refractivity contribution in [2.24, 2.45) is 0 Å². The maximum Gasteiger partial charge on any atom is 0.523 e. The summed E-state index contributed by atoms with van der Waals surface area (Å²) in [6, 6.07) is 6.18. The average molecular weight is 253 g/mol. The van der Waals surface area contributed by atoms with Crippen LogP contribution in [0.3, 0.4) is 0 Å². The number of benzene rings is 1. The molecule has 0 saturated carbocycles. The van der Waals surface area contributed by atoms with E-state index in [9.17, 15) is 8.42 Å².